The van der Waals surface area contributed by atoms with Gasteiger partial charge in [0, 0.05) is 13.1 Å². The van der Waals surface area contributed by atoms with Crippen molar-refractivity contribution in [2.45, 2.75) is 39.5 Å². The predicted octanol–water partition coefficient (Wildman–Crippen LogP) is 3.73. The second-order valence-electron chi connectivity index (χ2n) is 5.76. The second kappa shape index (κ2) is 8.01. The van der Waals surface area contributed by atoms with Crippen molar-refractivity contribution in [3.05, 3.63) is 21.7 Å². The molecule has 9 heteroatoms. The molecule has 3 rings (SSSR count). The molecule has 7 nitrogen and oxygen atoms in total. The molecule has 0 fully saturated rings. The van der Waals surface area contributed by atoms with E-state index in [9.17, 15) is 0 Å². The maximum Gasteiger partial charge on any atom is 0.250 e. The normalized spacial score (nSPS) is 15.5. The van der Waals surface area contributed by atoms with Gasteiger partial charge in [0.15, 0.2) is 5.65 Å². The van der Waals surface area contributed by atoms with Gasteiger partial charge in [-0.05, 0) is 18.9 Å². The fourth-order valence-electron chi connectivity index (χ4n) is 2.42. The zero-order valence-corrected chi connectivity index (χ0v) is 15.8. The van der Waals surface area contributed by atoms with Gasteiger partial charge < -0.3 is 5.32 Å². The monoisotopic (exact) mass is 381 g/mol. The summed E-state index contributed by atoms with van der Waals surface area (Å²) in [5.41, 5.74) is 0.954. The van der Waals surface area contributed by atoms with Gasteiger partial charge in [-0.3, -0.25) is 10.3 Å². The second-order valence-corrected chi connectivity index (χ2v) is 6.58. The first kappa shape index (κ1) is 17.9. The van der Waals surface area contributed by atoms with E-state index in [1.165, 1.54) is 0 Å². The highest BCUT2D eigenvalue weighted by Crippen LogP contribution is 2.32. The predicted molar refractivity (Wildman–Crippen MR) is 103 cm³/mol. The first-order valence-corrected chi connectivity index (χ1v) is 9.27. The molecule has 2 N–H and O–H groups in total. The van der Waals surface area contributed by atoms with Crippen LogP contribution in [0.2, 0.25) is 10.0 Å². The van der Waals surface area contributed by atoms with Gasteiger partial charge in [0.2, 0.25) is 17.5 Å². The molecule has 3 heterocycles. The van der Waals surface area contributed by atoms with Gasteiger partial charge >= 0.3 is 0 Å². The summed E-state index contributed by atoms with van der Waals surface area (Å²) in [6, 6.07) is 1.67. The summed E-state index contributed by atoms with van der Waals surface area (Å²) >= 11 is 12.7. The number of nitrogens with one attached hydrogen (secondary N) is 2. The quantitative estimate of drug-likeness (QED) is 0.747. The smallest absolute Gasteiger partial charge is 0.250 e. The SMILES string of the molecule is CCCCN=C1Nc2nc(=NCCCC)nc3c(Cl)cc(Cl)c(n23)N1. The van der Waals surface area contributed by atoms with Crippen LogP contribution >= 0.6 is 23.2 Å². The molecule has 0 bridgehead atoms. The highest BCUT2D eigenvalue weighted by Gasteiger charge is 2.21. The molecule has 0 atom stereocenters. The molecule has 2 aromatic heterocycles. The van der Waals surface area contributed by atoms with Crippen molar-refractivity contribution in [3.63, 3.8) is 0 Å². The number of hydrogen-bond donors (Lipinski definition) is 2. The lowest BCUT2D eigenvalue weighted by Crippen LogP contribution is -2.34. The molecule has 0 radical (unpaired) electrons. The summed E-state index contributed by atoms with van der Waals surface area (Å²) in [6.45, 7) is 5.65. The summed E-state index contributed by atoms with van der Waals surface area (Å²) in [5.74, 6) is 1.80. The average molecular weight is 382 g/mol. The number of hydrogen-bond acceptors (Lipinski definition) is 4. The highest BCUT2D eigenvalue weighted by molar-refractivity contribution is 6.38. The Bertz CT molecular complexity index is 873. The fraction of sp³-hybridized carbons (Fsp3) is 0.500. The van der Waals surface area contributed by atoms with Crippen molar-refractivity contribution in [1.82, 2.24) is 14.4 Å². The molecule has 25 heavy (non-hydrogen) atoms. The highest BCUT2D eigenvalue weighted by atomic mass is 35.5. The number of anilines is 2. The summed E-state index contributed by atoms with van der Waals surface area (Å²) in [7, 11) is 0. The number of unbranched alkanes of at least 4 members (excludes halogenated alkanes) is 2. The zero-order valence-electron chi connectivity index (χ0n) is 14.3. The third-order valence-electron chi connectivity index (χ3n) is 3.77. The van der Waals surface area contributed by atoms with Crippen LogP contribution in [0.1, 0.15) is 39.5 Å². The Morgan fingerprint density at radius 3 is 2.44 bits per heavy atom. The first-order chi connectivity index (χ1) is 12.1. The van der Waals surface area contributed by atoms with Crippen molar-refractivity contribution in [2.75, 3.05) is 23.7 Å². The van der Waals surface area contributed by atoms with Crippen LogP contribution in [-0.2, 0) is 0 Å². The van der Waals surface area contributed by atoms with E-state index < -0.39 is 0 Å². The van der Waals surface area contributed by atoms with E-state index in [2.05, 4.69) is 44.4 Å². The van der Waals surface area contributed by atoms with E-state index in [1.54, 1.807) is 10.5 Å². The van der Waals surface area contributed by atoms with Crippen LogP contribution in [0.5, 0.6) is 0 Å². The Morgan fingerprint density at radius 1 is 1.00 bits per heavy atom. The Morgan fingerprint density at radius 2 is 1.72 bits per heavy atom. The number of aromatic nitrogens is 3. The van der Waals surface area contributed by atoms with E-state index in [1.807, 2.05) is 0 Å². The van der Waals surface area contributed by atoms with Crippen molar-refractivity contribution in [2.24, 2.45) is 9.98 Å². The van der Waals surface area contributed by atoms with Crippen molar-refractivity contribution < 1.29 is 0 Å². The van der Waals surface area contributed by atoms with Gasteiger partial charge in [0.25, 0.3) is 0 Å². The van der Waals surface area contributed by atoms with Gasteiger partial charge in [-0.25, -0.2) is 9.39 Å². The first-order valence-electron chi connectivity index (χ1n) is 8.51. The number of guanidine groups is 1. The van der Waals surface area contributed by atoms with Gasteiger partial charge in [-0.15, -0.1) is 0 Å². The Hall–Kier alpha value is -1.86. The molecule has 134 valence electrons. The van der Waals surface area contributed by atoms with Gasteiger partial charge in [0.05, 0.1) is 10.0 Å². The molecule has 0 aromatic carbocycles. The van der Waals surface area contributed by atoms with E-state index in [-0.39, 0.29) is 0 Å². The summed E-state index contributed by atoms with van der Waals surface area (Å²) in [5, 5.41) is 7.29. The molecular formula is C16H21Cl2N7. The molecule has 2 aromatic rings. The van der Waals surface area contributed by atoms with Crippen molar-refractivity contribution in [1.29, 1.82) is 0 Å². The van der Waals surface area contributed by atoms with Crippen LogP contribution in [0.15, 0.2) is 16.1 Å². The maximum absolute atomic E-state index is 6.35. The molecule has 0 saturated carbocycles. The average Bonchev–Trinajstić information content (AvgIpc) is 2.59. The molecule has 0 unspecified atom stereocenters. The van der Waals surface area contributed by atoms with E-state index in [0.29, 0.717) is 45.6 Å². The lowest BCUT2D eigenvalue weighted by molar-refractivity contribution is 0.771. The number of pyridine rings is 1. The van der Waals surface area contributed by atoms with Gasteiger partial charge in [-0.1, -0.05) is 49.9 Å². The largest absolute Gasteiger partial charge is 0.310 e. The third kappa shape index (κ3) is 3.88. The molecule has 1 aliphatic rings. The minimum absolute atomic E-state index is 0.404. The van der Waals surface area contributed by atoms with Crippen LogP contribution < -0.4 is 16.3 Å². The standard InChI is InChI=1S/C16H21Cl2N7/c1-3-5-7-19-14-21-12-10(17)9-11(18)13-22-15(20-8-6-4-2)24-16(23-14)25(12)13/h9H,3-8H2,1-2H3,(H2,19,20,21,22,23,24). The summed E-state index contributed by atoms with van der Waals surface area (Å²) in [6.07, 6.45) is 4.15. The molecule has 0 spiro atoms. The van der Waals surface area contributed by atoms with Crippen LogP contribution in [-0.4, -0.2) is 33.4 Å². The molecule has 0 amide bonds. The topological polar surface area (TPSA) is 79.0 Å². The number of nitrogens with zero attached hydrogens (tertiary/aromatic N) is 5. The molecular weight excluding hydrogens is 361 g/mol. The number of rotatable bonds is 6. The molecule has 0 aliphatic carbocycles. The van der Waals surface area contributed by atoms with E-state index in [4.69, 9.17) is 23.2 Å². The van der Waals surface area contributed by atoms with E-state index in [0.717, 1.165) is 32.2 Å². The van der Waals surface area contributed by atoms with Gasteiger partial charge in [-0.2, -0.15) is 9.97 Å². The van der Waals surface area contributed by atoms with Crippen molar-refractivity contribution in [3.8, 4) is 0 Å². The summed E-state index contributed by atoms with van der Waals surface area (Å²) < 4.78 is 1.75. The molecule has 0 saturated heterocycles. The Kier molecular flexibility index (Phi) is 5.75. The van der Waals surface area contributed by atoms with Gasteiger partial charge in [0.1, 0.15) is 5.82 Å². The van der Waals surface area contributed by atoms with Crippen LogP contribution in [0.25, 0.3) is 5.65 Å². The maximum atomic E-state index is 6.35. The number of aliphatic imine (C=N–C) groups is 1. The summed E-state index contributed by atoms with van der Waals surface area (Å²) in [4.78, 5) is 17.9. The number of halogens is 2. The Labute approximate surface area is 156 Å². The third-order valence-corrected chi connectivity index (χ3v) is 4.33. The van der Waals surface area contributed by atoms with Crippen molar-refractivity contribution >= 4 is 46.6 Å². The van der Waals surface area contributed by atoms with Crippen LogP contribution in [0.3, 0.4) is 0 Å². The van der Waals surface area contributed by atoms with E-state index >= 15 is 0 Å². The lowest BCUT2D eigenvalue weighted by Gasteiger charge is -2.23. The fourth-order valence-corrected chi connectivity index (χ4v) is 2.96. The zero-order chi connectivity index (χ0) is 17.8. The van der Waals surface area contributed by atoms with Crippen LogP contribution in [0.4, 0.5) is 11.8 Å². The lowest BCUT2D eigenvalue weighted by atomic mass is 10.3. The minimum atomic E-state index is 0.404. The van der Waals surface area contributed by atoms with Crippen LogP contribution in [0, 0.1) is 0 Å². The minimum Gasteiger partial charge on any atom is -0.310 e. The Balaban J connectivity index is 2.10. The molecule has 1 aliphatic heterocycles.